The zero-order valence-corrected chi connectivity index (χ0v) is 14.0. The fourth-order valence-corrected chi connectivity index (χ4v) is 2.95. The molecule has 8 nitrogen and oxygen atoms in total. The minimum absolute atomic E-state index is 0.0321. The number of fused-ring (bicyclic) bond motifs is 1. The van der Waals surface area contributed by atoms with Crippen LogP contribution in [0.1, 0.15) is 44.2 Å². The molecule has 0 aliphatic carbocycles. The van der Waals surface area contributed by atoms with Crippen LogP contribution in [0.2, 0.25) is 0 Å². The van der Waals surface area contributed by atoms with Crippen LogP contribution in [0.5, 0.6) is 0 Å². The number of carboxylic acids is 1. The number of hydrogen-bond acceptors (Lipinski definition) is 5. The van der Waals surface area contributed by atoms with Crippen molar-refractivity contribution in [1.29, 1.82) is 0 Å². The third kappa shape index (κ3) is 4.14. The molecule has 1 aromatic carbocycles. The fourth-order valence-electron chi connectivity index (χ4n) is 2.95. The first-order valence-corrected chi connectivity index (χ1v) is 8.32. The molecule has 8 heteroatoms. The summed E-state index contributed by atoms with van der Waals surface area (Å²) >= 11 is 0. The number of anilines is 2. The molecule has 3 N–H and O–H groups in total. The number of rotatable bonds is 6. The Kier molecular flexibility index (Phi) is 4.97. The molecule has 2 heterocycles. The Balaban J connectivity index is 1.73. The highest BCUT2D eigenvalue weighted by molar-refractivity contribution is 5.89. The van der Waals surface area contributed by atoms with Crippen molar-refractivity contribution in [3.63, 3.8) is 0 Å². The number of nitrogens with one attached hydrogen (secondary N) is 2. The molecule has 2 aromatic rings. The maximum atomic E-state index is 11.9. The molecule has 1 aliphatic rings. The molecule has 0 saturated carbocycles. The van der Waals surface area contributed by atoms with Crippen LogP contribution in [0.15, 0.2) is 30.3 Å². The summed E-state index contributed by atoms with van der Waals surface area (Å²) in [5.41, 5.74) is 1.14. The van der Waals surface area contributed by atoms with Crippen molar-refractivity contribution in [2.24, 2.45) is 0 Å². The lowest BCUT2D eigenvalue weighted by Crippen LogP contribution is -2.31. The molecule has 1 aliphatic heterocycles. The van der Waals surface area contributed by atoms with Gasteiger partial charge in [-0.15, -0.1) is 5.10 Å². The lowest BCUT2D eigenvalue weighted by Gasteiger charge is -2.29. The van der Waals surface area contributed by atoms with Crippen LogP contribution in [-0.2, 0) is 9.59 Å². The Morgan fingerprint density at radius 3 is 2.80 bits per heavy atom. The van der Waals surface area contributed by atoms with E-state index in [9.17, 15) is 9.59 Å². The van der Waals surface area contributed by atoms with Gasteiger partial charge in [-0.2, -0.15) is 4.98 Å². The standard InChI is InChI=1S/C17H21N5O3/c1-11-10-13(12-6-3-2-4-7-12)22-17(18-11)20-16(21-22)19-14(23)8-5-9-15(24)25/h2-4,6-7,11,13H,5,8-10H2,1H3,(H,24,25)(H2,18,19,20,21,23)/t11-,13+/m1/s1. The van der Waals surface area contributed by atoms with Crippen LogP contribution in [0.3, 0.4) is 0 Å². The maximum Gasteiger partial charge on any atom is 0.303 e. The van der Waals surface area contributed by atoms with Gasteiger partial charge in [0.25, 0.3) is 5.95 Å². The van der Waals surface area contributed by atoms with Gasteiger partial charge in [0.1, 0.15) is 0 Å². The van der Waals surface area contributed by atoms with Gasteiger partial charge in [-0.1, -0.05) is 30.3 Å². The van der Waals surface area contributed by atoms with Crippen molar-refractivity contribution in [3.8, 4) is 0 Å². The predicted molar refractivity (Wildman–Crippen MR) is 92.4 cm³/mol. The lowest BCUT2D eigenvalue weighted by atomic mass is 9.99. The van der Waals surface area contributed by atoms with Crippen molar-refractivity contribution >= 4 is 23.8 Å². The molecule has 25 heavy (non-hydrogen) atoms. The van der Waals surface area contributed by atoms with Gasteiger partial charge in [-0.3, -0.25) is 14.9 Å². The Morgan fingerprint density at radius 2 is 2.08 bits per heavy atom. The van der Waals surface area contributed by atoms with E-state index in [0.717, 1.165) is 12.0 Å². The minimum atomic E-state index is -0.910. The number of aliphatic carboxylic acids is 1. The second-order valence-electron chi connectivity index (χ2n) is 6.21. The highest BCUT2D eigenvalue weighted by Crippen LogP contribution is 2.31. The van der Waals surface area contributed by atoms with Gasteiger partial charge in [-0.05, 0) is 25.3 Å². The topological polar surface area (TPSA) is 109 Å². The van der Waals surface area contributed by atoms with Crippen LogP contribution in [0, 0.1) is 0 Å². The summed E-state index contributed by atoms with van der Waals surface area (Å²) in [4.78, 5) is 26.8. The van der Waals surface area contributed by atoms with Gasteiger partial charge in [-0.25, -0.2) is 4.68 Å². The van der Waals surface area contributed by atoms with E-state index in [4.69, 9.17) is 5.11 Å². The molecule has 0 radical (unpaired) electrons. The predicted octanol–water partition coefficient (Wildman–Crippen LogP) is 2.26. The van der Waals surface area contributed by atoms with E-state index in [1.165, 1.54) is 0 Å². The van der Waals surface area contributed by atoms with Gasteiger partial charge in [0, 0.05) is 18.9 Å². The smallest absolute Gasteiger partial charge is 0.303 e. The number of nitrogens with zero attached hydrogens (tertiary/aromatic N) is 3. The highest BCUT2D eigenvalue weighted by Gasteiger charge is 2.28. The molecule has 0 bridgehead atoms. The van der Waals surface area contributed by atoms with E-state index in [0.29, 0.717) is 5.95 Å². The molecule has 1 aromatic heterocycles. The first-order chi connectivity index (χ1) is 12.0. The maximum absolute atomic E-state index is 11.9. The largest absolute Gasteiger partial charge is 0.481 e. The van der Waals surface area contributed by atoms with Crippen molar-refractivity contribution < 1.29 is 14.7 Å². The molecule has 3 rings (SSSR count). The summed E-state index contributed by atoms with van der Waals surface area (Å²) in [5.74, 6) is -0.341. The molecular formula is C17H21N5O3. The molecule has 132 valence electrons. The number of carbonyl (C=O) groups excluding carboxylic acids is 1. The minimum Gasteiger partial charge on any atom is -0.481 e. The fraction of sp³-hybridized carbons (Fsp3) is 0.412. The summed E-state index contributed by atoms with van der Waals surface area (Å²) in [7, 11) is 0. The van der Waals surface area contributed by atoms with E-state index < -0.39 is 5.97 Å². The van der Waals surface area contributed by atoms with Crippen molar-refractivity contribution in [3.05, 3.63) is 35.9 Å². The molecule has 0 spiro atoms. The van der Waals surface area contributed by atoms with Crippen LogP contribution in [0.25, 0.3) is 0 Å². The lowest BCUT2D eigenvalue weighted by molar-refractivity contribution is -0.137. The number of benzene rings is 1. The molecule has 0 fully saturated rings. The second-order valence-corrected chi connectivity index (χ2v) is 6.21. The van der Waals surface area contributed by atoms with E-state index in [1.54, 1.807) is 4.68 Å². The summed E-state index contributed by atoms with van der Waals surface area (Å²) in [5, 5.41) is 19.0. The van der Waals surface area contributed by atoms with Gasteiger partial charge >= 0.3 is 5.97 Å². The van der Waals surface area contributed by atoms with Gasteiger partial charge in [0.05, 0.1) is 6.04 Å². The number of hydrogen-bond donors (Lipinski definition) is 3. The molecule has 2 atom stereocenters. The van der Waals surface area contributed by atoms with E-state index in [1.807, 2.05) is 18.2 Å². The van der Waals surface area contributed by atoms with Gasteiger partial charge < -0.3 is 10.4 Å². The van der Waals surface area contributed by atoms with Crippen molar-refractivity contribution in [2.45, 2.75) is 44.7 Å². The first kappa shape index (κ1) is 16.9. The zero-order chi connectivity index (χ0) is 17.8. The van der Waals surface area contributed by atoms with Crippen LogP contribution in [0.4, 0.5) is 11.9 Å². The molecule has 0 unspecified atom stereocenters. The summed E-state index contributed by atoms with van der Waals surface area (Å²) in [6.45, 7) is 2.08. The molecular weight excluding hydrogens is 322 g/mol. The second kappa shape index (κ2) is 7.33. The number of amides is 1. The highest BCUT2D eigenvalue weighted by atomic mass is 16.4. The van der Waals surface area contributed by atoms with E-state index >= 15 is 0 Å². The first-order valence-electron chi connectivity index (χ1n) is 8.32. The SMILES string of the molecule is C[C@@H]1C[C@@H](c2ccccc2)n2nc(NC(=O)CCCC(=O)O)nc2N1. The van der Waals surface area contributed by atoms with Crippen molar-refractivity contribution in [2.75, 3.05) is 10.6 Å². The van der Waals surface area contributed by atoms with Gasteiger partial charge in [0.15, 0.2) is 0 Å². The Bertz CT molecular complexity index is 759. The number of aromatic nitrogens is 3. The normalized spacial score (nSPS) is 18.9. The Hall–Kier alpha value is -2.90. The summed E-state index contributed by atoms with van der Waals surface area (Å²) in [6, 6.07) is 10.3. The average molecular weight is 343 g/mol. The molecule has 0 saturated heterocycles. The number of carbonyl (C=O) groups is 2. The summed E-state index contributed by atoms with van der Waals surface area (Å²) in [6.07, 6.45) is 1.25. The Morgan fingerprint density at radius 1 is 1.32 bits per heavy atom. The zero-order valence-electron chi connectivity index (χ0n) is 14.0. The van der Waals surface area contributed by atoms with Crippen molar-refractivity contribution in [1.82, 2.24) is 14.8 Å². The van der Waals surface area contributed by atoms with Crippen LogP contribution >= 0.6 is 0 Å². The van der Waals surface area contributed by atoms with Crippen LogP contribution in [-0.4, -0.2) is 37.8 Å². The molecule has 1 amide bonds. The Labute approximate surface area is 145 Å². The summed E-state index contributed by atoms with van der Waals surface area (Å²) < 4.78 is 1.79. The monoisotopic (exact) mass is 343 g/mol. The third-order valence-electron chi connectivity index (χ3n) is 4.11. The van der Waals surface area contributed by atoms with Crippen LogP contribution < -0.4 is 10.6 Å². The average Bonchev–Trinajstić information content (AvgIpc) is 2.96. The van der Waals surface area contributed by atoms with Gasteiger partial charge in [0.2, 0.25) is 11.9 Å². The third-order valence-corrected chi connectivity index (χ3v) is 4.11. The quantitative estimate of drug-likeness (QED) is 0.742. The number of carboxylic acid groups (broad SMARTS) is 1. The van der Waals surface area contributed by atoms with E-state index in [-0.39, 0.29) is 43.2 Å². The van der Waals surface area contributed by atoms with E-state index in [2.05, 4.69) is 39.8 Å².